The van der Waals surface area contributed by atoms with Crippen molar-refractivity contribution in [3.05, 3.63) is 70.7 Å². The fourth-order valence-corrected chi connectivity index (χ4v) is 4.36. The van der Waals surface area contributed by atoms with Crippen LogP contribution in [0.5, 0.6) is 0 Å². The van der Waals surface area contributed by atoms with Crippen LogP contribution in [0.2, 0.25) is 0 Å². The molecule has 0 spiro atoms. The monoisotopic (exact) mass is 492 g/mol. The zero-order valence-electron chi connectivity index (χ0n) is 19.7. The van der Waals surface area contributed by atoms with Gasteiger partial charge in [-0.1, -0.05) is 0 Å². The van der Waals surface area contributed by atoms with Gasteiger partial charge in [0.15, 0.2) is 17.3 Å². The van der Waals surface area contributed by atoms with E-state index in [-0.39, 0.29) is 29.6 Å². The molecule has 0 aliphatic heterocycles. The largest absolute Gasteiger partial charge is 0.381 e. The first kappa shape index (κ1) is 23.4. The smallest absolute Gasteiger partial charge is 0.280 e. The summed E-state index contributed by atoms with van der Waals surface area (Å²) in [5.41, 5.74) is 0.263. The summed E-state index contributed by atoms with van der Waals surface area (Å²) in [4.78, 5) is 34.6. The van der Waals surface area contributed by atoms with Gasteiger partial charge in [-0.2, -0.15) is 9.61 Å². The minimum Gasteiger partial charge on any atom is -0.381 e. The van der Waals surface area contributed by atoms with Gasteiger partial charge in [0, 0.05) is 38.7 Å². The van der Waals surface area contributed by atoms with Crippen molar-refractivity contribution in [1.82, 2.24) is 29.5 Å². The quantitative estimate of drug-likeness (QED) is 0.359. The molecule has 186 valence electrons. The van der Waals surface area contributed by atoms with Crippen molar-refractivity contribution in [2.45, 2.75) is 31.4 Å². The number of nitrogens with zero attached hydrogens (tertiary/aromatic N) is 5. The molecule has 1 amide bonds. The van der Waals surface area contributed by atoms with Gasteiger partial charge in [-0.05, 0) is 43.5 Å². The Morgan fingerprint density at radius 2 is 2.11 bits per heavy atom. The average Bonchev–Trinajstić information content (AvgIpc) is 3.52. The van der Waals surface area contributed by atoms with Crippen LogP contribution in [-0.4, -0.2) is 56.4 Å². The Bertz CT molecular complexity index is 1480. The summed E-state index contributed by atoms with van der Waals surface area (Å²) in [6, 6.07) is 7.50. The number of fused-ring (bicyclic) bond motifs is 1. The number of halogens is 1. The Labute approximate surface area is 205 Å². The van der Waals surface area contributed by atoms with Gasteiger partial charge < -0.3 is 20.7 Å². The van der Waals surface area contributed by atoms with Crippen molar-refractivity contribution < 1.29 is 13.9 Å². The lowest BCUT2D eigenvalue weighted by atomic mass is 10.2. The number of carbonyl (C=O) groups is 1. The van der Waals surface area contributed by atoms with E-state index in [4.69, 9.17) is 4.74 Å². The van der Waals surface area contributed by atoms with Crippen LogP contribution in [-0.2, 0) is 4.74 Å². The highest BCUT2D eigenvalue weighted by Crippen LogP contribution is 2.24. The summed E-state index contributed by atoms with van der Waals surface area (Å²) in [5.74, 6) is -0.163. The second kappa shape index (κ2) is 9.74. The minimum atomic E-state index is -0.622. The van der Waals surface area contributed by atoms with Crippen LogP contribution in [0.1, 0.15) is 29.6 Å². The number of hydrogen-bond acceptors (Lipinski definition) is 8. The highest BCUT2D eigenvalue weighted by Gasteiger charge is 2.27. The van der Waals surface area contributed by atoms with Crippen molar-refractivity contribution in [2.24, 2.45) is 0 Å². The minimum absolute atomic E-state index is 0.0113. The lowest BCUT2D eigenvalue weighted by Crippen LogP contribution is -2.33. The van der Waals surface area contributed by atoms with Crippen LogP contribution in [0, 0.1) is 5.82 Å². The van der Waals surface area contributed by atoms with Crippen molar-refractivity contribution in [2.75, 3.05) is 24.8 Å². The predicted octanol–water partition coefficient (Wildman–Crippen LogP) is 2.50. The van der Waals surface area contributed by atoms with Crippen molar-refractivity contribution in [1.29, 1.82) is 0 Å². The number of carbonyl (C=O) groups excluding carboxylic acids is 1. The van der Waals surface area contributed by atoms with Crippen LogP contribution >= 0.6 is 0 Å². The third-order valence-electron chi connectivity index (χ3n) is 6.20. The highest BCUT2D eigenvalue weighted by molar-refractivity contribution is 6.00. The number of aromatic nitrogens is 5. The number of nitrogens with one attached hydrogen (secondary N) is 3. The van der Waals surface area contributed by atoms with Gasteiger partial charge in [0.05, 0.1) is 12.3 Å². The fourth-order valence-electron chi connectivity index (χ4n) is 4.36. The van der Waals surface area contributed by atoms with E-state index in [9.17, 15) is 14.0 Å². The Kier molecular flexibility index (Phi) is 6.34. The van der Waals surface area contributed by atoms with Crippen molar-refractivity contribution in [3.63, 3.8) is 0 Å². The maximum absolute atomic E-state index is 14.2. The molecule has 0 radical (unpaired) electrons. The maximum Gasteiger partial charge on any atom is 0.280 e. The van der Waals surface area contributed by atoms with Gasteiger partial charge in [0.2, 0.25) is 0 Å². The Balaban J connectivity index is 1.47. The van der Waals surface area contributed by atoms with Crippen LogP contribution in [0.3, 0.4) is 0 Å². The third kappa shape index (κ3) is 4.38. The zero-order valence-corrected chi connectivity index (χ0v) is 19.7. The summed E-state index contributed by atoms with van der Waals surface area (Å²) >= 11 is 0. The van der Waals surface area contributed by atoms with Crippen LogP contribution in [0.15, 0.2) is 53.7 Å². The Morgan fingerprint density at radius 3 is 2.86 bits per heavy atom. The van der Waals surface area contributed by atoms with Gasteiger partial charge in [0.25, 0.3) is 11.5 Å². The Hall–Kier alpha value is -4.32. The average molecular weight is 493 g/mol. The maximum atomic E-state index is 14.2. The molecule has 4 aromatic rings. The van der Waals surface area contributed by atoms with E-state index in [2.05, 4.69) is 31.0 Å². The SMILES string of the molecule is CNc1cc(Nc2cccn(-c3ncccc3F)c2=O)nc2c(C(=O)N[C@H]3CC[C@H](OC)C3)cnn12. The predicted molar refractivity (Wildman–Crippen MR) is 132 cm³/mol. The molecule has 1 aliphatic rings. The molecule has 11 nitrogen and oxygen atoms in total. The van der Waals surface area contributed by atoms with Gasteiger partial charge >= 0.3 is 0 Å². The third-order valence-corrected chi connectivity index (χ3v) is 6.20. The standard InChI is InChI=1S/C24H25FN8O3/c1-26-20-12-19(30-18-6-4-10-32(24(18)35)22-17(25)5-3-9-27-22)31-21-16(13-28-33(20)21)23(34)29-14-7-8-15(11-14)36-2/h3-6,9-10,12-15,26H,7-8,11H2,1-2H3,(H,29,34)(H,30,31)/t14-,15-/m0/s1. The van der Waals surface area contributed by atoms with Gasteiger partial charge in [-0.3, -0.25) is 14.2 Å². The van der Waals surface area contributed by atoms with E-state index in [1.54, 1.807) is 32.4 Å². The second-order valence-corrected chi connectivity index (χ2v) is 8.44. The van der Waals surface area contributed by atoms with Gasteiger partial charge in [-0.25, -0.2) is 14.4 Å². The molecule has 5 rings (SSSR count). The van der Waals surface area contributed by atoms with Crippen molar-refractivity contribution >= 4 is 28.9 Å². The van der Waals surface area contributed by atoms with Gasteiger partial charge in [-0.15, -0.1) is 0 Å². The molecule has 12 heteroatoms. The number of methoxy groups -OCH3 is 1. The van der Waals surface area contributed by atoms with E-state index in [0.29, 0.717) is 22.8 Å². The first-order valence-corrected chi connectivity index (χ1v) is 11.5. The molecule has 0 aromatic carbocycles. The molecule has 0 unspecified atom stereocenters. The zero-order chi connectivity index (χ0) is 25.2. The summed E-state index contributed by atoms with van der Waals surface area (Å²) in [6.07, 6.45) is 6.92. The number of amides is 1. The molecular weight excluding hydrogens is 467 g/mol. The van der Waals surface area contributed by atoms with Crippen molar-refractivity contribution in [3.8, 4) is 5.82 Å². The van der Waals surface area contributed by atoms with E-state index < -0.39 is 11.4 Å². The molecule has 36 heavy (non-hydrogen) atoms. The first-order valence-electron chi connectivity index (χ1n) is 11.5. The number of rotatable bonds is 7. The topological polar surface area (TPSA) is 127 Å². The molecule has 1 saturated carbocycles. The second-order valence-electron chi connectivity index (χ2n) is 8.44. The molecule has 0 saturated heterocycles. The normalized spacial score (nSPS) is 17.3. The summed E-state index contributed by atoms with van der Waals surface area (Å²) < 4.78 is 22.3. The molecule has 0 bridgehead atoms. The number of hydrogen-bond donors (Lipinski definition) is 3. The van der Waals surface area contributed by atoms with E-state index in [1.807, 2.05) is 0 Å². The first-order chi connectivity index (χ1) is 17.5. The molecular formula is C24H25FN8O3. The van der Waals surface area contributed by atoms with E-state index in [1.165, 1.54) is 35.2 Å². The van der Waals surface area contributed by atoms with E-state index >= 15 is 0 Å². The molecule has 2 atom stereocenters. The fraction of sp³-hybridized carbons (Fsp3) is 0.292. The Morgan fingerprint density at radius 1 is 1.25 bits per heavy atom. The lowest BCUT2D eigenvalue weighted by molar-refractivity contribution is 0.0916. The molecule has 4 heterocycles. The molecule has 4 aromatic heterocycles. The number of pyridine rings is 2. The summed E-state index contributed by atoms with van der Waals surface area (Å²) in [6.45, 7) is 0. The highest BCUT2D eigenvalue weighted by atomic mass is 19.1. The number of anilines is 3. The number of ether oxygens (including phenoxy) is 1. The van der Waals surface area contributed by atoms with Crippen LogP contribution in [0.25, 0.3) is 11.5 Å². The summed E-state index contributed by atoms with van der Waals surface area (Å²) in [5, 5.41) is 13.4. The van der Waals surface area contributed by atoms with E-state index in [0.717, 1.165) is 23.8 Å². The van der Waals surface area contributed by atoms with Gasteiger partial charge in [0.1, 0.15) is 22.9 Å². The molecule has 1 aliphatic carbocycles. The van der Waals surface area contributed by atoms with Crippen LogP contribution < -0.4 is 21.5 Å². The molecule has 1 fully saturated rings. The van der Waals surface area contributed by atoms with Crippen LogP contribution in [0.4, 0.5) is 21.7 Å². The molecule has 3 N–H and O–H groups in total. The summed E-state index contributed by atoms with van der Waals surface area (Å²) in [7, 11) is 3.38. The lowest BCUT2D eigenvalue weighted by Gasteiger charge is -2.13.